The summed E-state index contributed by atoms with van der Waals surface area (Å²) in [6.07, 6.45) is 0.379. The number of rotatable bonds is 4. The molecule has 0 saturated carbocycles. The molecule has 0 aromatic heterocycles. The molecule has 17 heavy (non-hydrogen) atoms. The van der Waals surface area contributed by atoms with Gasteiger partial charge in [-0.2, -0.15) is 5.06 Å². The molecule has 0 aromatic rings. The molecule has 0 radical (unpaired) electrons. The molecule has 0 spiro atoms. The van der Waals surface area contributed by atoms with E-state index in [1.165, 1.54) is 0 Å². The lowest BCUT2D eigenvalue weighted by atomic mass is 9.76. The molecule has 3 atom stereocenters. The Labute approximate surface area is 108 Å². The van der Waals surface area contributed by atoms with E-state index in [-0.39, 0.29) is 0 Å². The Balaban J connectivity index is 3.00. The van der Waals surface area contributed by atoms with Crippen LogP contribution in [0.4, 0.5) is 0 Å². The highest BCUT2D eigenvalue weighted by atomic mass is 16.7. The fourth-order valence-corrected chi connectivity index (χ4v) is 3.19. The second-order valence-corrected chi connectivity index (χ2v) is 6.82. The summed E-state index contributed by atoms with van der Waals surface area (Å²) in [5.41, 5.74) is 0. The zero-order valence-electron chi connectivity index (χ0n) is 12.9. The van der Waals surface area contributed by atoms with Gasteiger partial charge in [-0.25, -0.2) is 0 Å². The molecule has 1 aliphatic heterocycles. The van der Waals surface area contributed by atoms with Gasteiger partial charge in [0.1, 0.15) is 0 Å². The van der Waals surface area contributed by atoms with Crippen LogP contribution < -0.4 is 0 Å². The minimum atomic E-state index is 0.379. The average Bonchev–Trinajstić information content (AvgIpc) is 2.56. The molecule has 0 bridgehead atoms. The van der Waals surface area contributed by atoms with Crippen molar-refractivity contribution in [2.24, 2.45) is 23.7 Å². The monoisotopic (exact) mass is 241 g/mol. The molecule has 102 valence electrons. The van der Waals surface area contributed by atoms with Crippen molar-refractivity contribution < 1.29 is 4.84 Å². The van der Waals surface area contributed by atoms with E-state index in [1.807, 2.05) is 0 Å². The van der Waals surface area contributed by atoms with Gasteiger partial charge in [-0.05, 0) is 31.6 Å². The van der Waals surface area contributed by atoms with Crippen LogP contribution in [0.5, 0.6) is 0 Å². The largest absolute Gasteiger partial charge is 0.295 e. The lowest BCUT2D eigenvalue weighted by Gasteiger charge is -2.33. The Kier molecular flexibility index (Phi) is 5.03. The molecule has 0 aliphatic carbocycles. The summed E-state index contributed by atoms with van der Waals surface area (Å²) in [7, 11) is 0. The molecule has 0 N–H and O–H groups in total. The third-order valence-electron chi connectivity index (χ3n) is 3.93. The molecule has 1 saturated heterocycles. The normalized spacial score (nSPS) is 31.4. The predicted molar refractivity (Wildman–Crippen MR) is 73.6 cm³/mol. The summed E-state index contributed by atoms with van der Waals surface area (Å²) in [5, 5.41) is 2.26. The number of hydrogen-bond acceptors (Lipinski definition) is 2. The van der Waals surface area contributed by atoms with Gasteiger partial charge in [0.15, 0.2) is 0 Å². The van der Waals surface area contributed by atoms with Crippen molar-refractivity contribution >= 4 is 0 Å². The van der Waals surface area contributed by atoms with Crippen molar-refractivity contribution in [1.29, 1.82) is 0 Å². The topological polar surface area (TPSA) is 12.5 Å². The van der Waals surface area contributed by atoms with Gasteiger partial charge in [0.05, 0.1) is 6.10 Å². The van der Waals surface area contributed by atoms with E-state index in [4.69, 9.17) is 4.84 Å². The predicted octanol–water partition coefficient (Wildman–Crippen LogP) is 3.96. The standard InChI is InChI=1S/C15H31NO/c1-9(2)13-14(10(3)4)16(12(7)8)17-15(13)11(5)6/h9-15H,1-8H3. The van der Waals surface area contributed by atoms with Gasteiger partial charge in [-0.3, -0.25) is 4.84 Å². The van der Waals surface area contributed by atoms with Crippen molar-refractivity contribution in [3.63, 3.8) is 0 Å². The highest BCUT2D eigenvalue weighted by molar-refractivity contribution is 4.93. The van der Waals surface area contributed by atoms with E-state index in [0.29, 0.717) is 41.9 Å². The number of hydroxylamine groups is 2. The van der Waals surface area contributed by atoms with Crippen LogP contribution in [0.3, 0.4) is 0 Å². The third kappa shape index (κ3) is 3.03. The SMILES string of the molecule is CC(C)C1ON(C(C)C)C(C(C)C)C1C(C)C. The van der Waals surface area contributed by atoms with E-state index in [0.717, 1.165) is 0 Å². The molecular formula is C15H31NO. The fourth-order valence-electron chi connectivity index (χ4n) is 3.19. The second-order valence-electron chi connectivity index (χ2n) is 6.82. The lowest BCUT2D eigenvalue weighted by Crippen LogP contribution is -2.42. The molecule has 2 heteroatoms. The van der Waals surface area contributed by atoms with Gasteiger partial charge in [-0.15, -0.1) is 0 Å². The van der Waals surface area contributed by atoms with E-state index < -0.39 is 0 Å². The zero-order chi connectivity index (χ0) is 13.3. The summed E-state index contributed by atoms with van der Waals surface area (Å²) in [6.45, 7) is 18.3. The van der Waals surface area contributed by atoms with Crippen LogP contribution >= 0.6 is 0 Å². The first kappa shape index (κ1) is 15.0. The maximum atomic E-state index is 6.27. The van der Waals surface area contributed by atoms with E-state index in [2.05, 4.69) is 60.5 Å². The van der Waals surface area contributed by atoms with Crippen LogP contribution in [0.25, 0.3) is 0 Å². The van der Waals surface area contributed by atoms with Crippen LogP contribution in [-0.2, 0) is 4.84 Å². The van der Waals surface area contributed by atoms with Gasteiger partial charge in [-0.1, -0.05) is 41.5 Å². The quantitative estimate of drug-likeness (QED) is 0.738. The maximum Gasteiger partial charge on any atom is 0.0862 e. The Morgan fingerprint density at radius 3 is 1.59 bits per heavy atom. The van der Waals surface area contributed by atoms with Gasteiger partial charge in [0.2, 0.25) is 0 Å². The minimum absolute atomic E-state index is 0.379. The number of hydrogen-bond donors (Lipinski definition) is 0. The van der Waals surface area contributed by atoms with Crippen LogP contribution in [0.2, 0.25) is 0 Å². The van der Waals surface area contributed by atoms with Crippen molar-refractivity contribution in [3.05, 3.63) is 0 Å². The summed E-state index contributed by atoms with van der Waals surface area (Å²) in [6, 6.07) is 1.02. The zero-order valence-corrected chi connectivity index (χ0v) is 12.9. The Bertz CT molecular complexity index is 211. The first-order chi connectivity index (χ1) is 7.77. The fraction of sp³-hybridized carbons (Fsp3) is 1.00. The first-order valence-electron chi connectivity index (χ1n) is 7.22. The van der Waals surface area contributed by atoms with E-state index in [9.17, 15) is 0 Å². The molecule has 0 amide bonds. The lowest BCUT2D eigenvalue weighted by molar-refractivity contribution is -0.195. The maximum absolute atomic E-state index is 6.27. The Morgan fingerprint density at radius 1 is 0.765 bits per heavy atom. The molecular weight excluding hydrogens is 210 g/mol. The van der Waals surface area contributed by atoms with Crippen molar-refractivity contribution in [3.8, 4) is 0 Å². The molecule has 1 aliphatic rings. The van der Waals surface area contributed by atoms with Crippen molar-refractivity contribution in [2.45, 2.75) is 73.6 Å². The highest BCUT2D eigenvalue weighted by Gasteiger charge is 2.47. The molecule has 1 fully saturated rings. The van der Waals surface area contributed by atoms with Crippen LogP contribution in [0.15, 0.2) is 0 Å². The van der Waals surface area contributed by atoms with Gasteiger partial charge in [0.25, 0.3) is 0 Å². The molecule has 0 aromatic carbocycles. The molecule has 1 heterocycles. The highest BCUT2D eigenvalue weighted by Crippen LogP contribution is 2.40. The van der Waals surface area contributed by atoms with Crippen LogP contribution in [0.1, 0.15) is 55.4 Å². The van der Waals surface area contributed by atoms with Crippen LogP contribution in [0, 0.1) is 23.7 Å². The minimum Gasteiger partial charge on any atom is -0.295 e. The number of nitrogens with zero attached hydrogens (tertiary/aromatic N) is 1. The smallest absolute Gasteiger partial charge is 0.0862 e. The van der Waals surface area contributed by atoms with E-state index >= 15 is 0 Å². The Morgan fingerprint density at radius 2 is 1.29 bits per heavy atom. The molecule has 3 unspecified atom stereocenters. The van der Waals surface area contributed by atoms with Gasteiger partial charge < -0.3 is 0 Å². The third-order valence-corrected chi connectivity index (χ3v) is 3.93. The summed E-state index contributed by atoms with van der Waals surface area (Å²) in [5.74, 6) is 2.57. The summed E-state index contributed by atoms with van der Waals surface area (Å²) >= 11 is 0. The van der Waals surface area contributed by atoms with Gasteiger partial charge in [0, 0.05) is 18.0 Å². The van der Waals surface area contributed by atoms with Gasteiger partial charge >= 0.3 is 0 Å². The van der Waals surface area contributed by atoms with Crippen LogP contribution in [-0.4, -0.2) is 23.3 Å². The summed E-state index contributed by atoms with van der Waals surface area (Å²) < 4.78 is 0. The summed E-state index contributed by atoms with van der Waals surface area (Å²) in [4.78, 5) is 6.27. The second kappa shape index (κ2) is 5.71. The molecule has 2 nitrogen and oxygen atoms in total. The molecule has 1 rings (SSSR count). The van der Waals surface area contributed by atoms with E-state index in [1.54, 1.807) is 0 Å². The Hall–Kier alpha value is -0.0800. The van der Waals surface area contributed by atoms with Crippen molar-refractivity contribution in [2.75, 3.05) is 0 Å². The average molecular weight is 241 g/mol. The van der Waals surface area contributed by atoms with Crippen molar-refractivity contribution in [1.82, 2.24) is 5.06 Å². The first-order valence-corrected chi connectivity index (χ1v) is 7.22.